The third kappa shape index (κ3) is 8.36. The fraction of sp³-hybridized carbons (Fsp3) is 0.500. The molecule has 0 aliphatic heterocycles. The van der Waals surface area contributed by atoms with Crippen LogP contribution in [-0.4, -0.2) is 49.5 Å². The molecule has 0 aliphatic rings. The van der Waals surface area contributed by atoms with Crippen LogP contribution in [0.5, 0.6) is 0 Å². The van der Waals surface area contributed by atoms with E-state index in [-0.39, 0.29) is 12.5 Å². The minimum Gasteiger partial charge on any atom is -0.350 e. The van der Waals surface area contributed by atoms with Crippen LogP contribution in [0.1, 0.15) is 70.6 Å². The van der Waals surface area contributed by atoms with Gasteiger partial charge in [-0.05, 0) is 63.3 Å². The zero-order valence-electron chi connectivity index (χ0n) is 22.8. The van der Waals surface area contributed by atoms with Gasteiger partial charge < -0.3 is 10.2 Å². The quantitative estimate of drug-likeness (QED) is 0.501. The van der Waals surface area contributed by atoms with Crippen LogP contribution in [0.2, 0.25) is 0 Å². The van der Waals surface area contributed by atoms with Gasteiger partial charge >= 0.3 is 0 Å². The van der Waals surface area contributed by atoms with Gasteiger partial charge in [0, 0.05) is 12.1 Å². The van der Waals surface area contributed by atoms with Crippen LogP contribution in [0, 0.1) is 6.92 Å². The lowest BCUT2D eigenvalue weighted by Crippen LogP contribution is -2.55. The zero-order valence-corrected chi connectivity index (χ0v) is 23.6. The lowest BCUT2D eigenvalue weighted by molar-refractivity contribution is -0.141. The number of amides is 2. The van der Waals surface area contributed by atoms with E-state index in [1.54, 1.807) is 12.1 Å². The molecule has 1 N–H and O–H groups in total. The van der Waals surface area contributed by atoms with Crippen molar-refractivity contribution in [2.24, 2.45) is 0 Å². The molecule has 0 fully saturated rings. The van der Waals surface area contributed by atoms with E-state index in [1.807, 2.05) is 71.0 Å². The average Bonchev–Trinajstić information content (AvgIpc) is 2.75. The highest BCUT2D eigenvalue weighted by Crippen LogP contribution is 2.23. The van der Waals surface area contributed by atoms with Gasteiger partial charge in [-0.2, -0.15) is 0 Å². The largest absolute Gasteiger partial charge is 0.350 e. The molecule has 0 saturated carbocycles. The Kier molecular flexibility index (Phi) is 9.71. The molecule has 2 aromatic rings. The van der Waals surface area contributed by atoms with Gasteiger partial charge in [0.05, 0.1) is 11.9 Å². The van der Waals surface area contributed by atoms with Crippen molar-refractivity contribution in [2.75, 3.05) is 17.1 Å². The third-order valence-electron chi connectivity index (χ3n) is 5.85. The summed E-state index contributed by atoms with van der Waals surface area (Å²) in [6.45, 7) is 13.4. The summed E-state index contributed by atoms with van der Waals surface area (Å²) in [6.07, 6.45) is 1.48. The Balaban J connectivity index is 2.45. The van der Waals surface area contributed by atoms with Gasteiger partial charge in [-0.15, -0.1) is 0 Å². The fourth-order valence-corrected chi connectivity index (χ4v) is 4.87. The molecule has 1 atom stereocenters. The Hall–Kier alpha value is -2.87. The Morgan fingerprint density at radius 1 is 1.03 bits per heavy atom. The predicted molar refractivity (Wildman–Crippen MR) is 146 cm³/mol. The maximum absolute atomic E-state index is 13.7. The number of carbonyl (C=O) groups is 2. The van der Waals surface area contributed by atoms with E-state index < -0.39 is 34.1 Å². The predicted octanol–water partition coefficient (Wildman–Crippen LogP) is 4.61. The summed E-state index contributed by atoms with van der Waals surface area (Å²) >= 11 is 0. The normalized spacial score (nSPS) is 12.8. The molecule has 0 aliphatic carbocycles. The summed E-state index contributed by atoms with van der Waals surface area (Å²) in [5, 5.41) is 2.97. The molecule has 7 nitrogen and oxygen atoms in total. The van der Waals surface area contributed by atoms with Crippen molar-refractivity contribution in [1.82, 2.24) is 10.2 Å². The van der Waals surface area contributed by atoms with Gasteiger partial charge in [0.1, 0.15) is 12.6 Å². The van der Waals surface area contributed by atoms with Crippen molar-refractivity contribution in [2.45, 2.75) is 78.9 Å². The Bertz CT molecular complexity index is 1150. The van der Waals surface area contributed by atoms with Crippen LogP contribution < -0.4 is 9.62 Å². The number of hydrogen-bond acceptors (Lipinski definition) is 4. The first-order valence-electron chi connectivity index (χ1n) is 12.4. The first kappa shape index (κ1) is 29.4. The molecule has 0 spiro atoms. The molecular formula is C28H41N3O4S. The van der Waals surface area contributed by atoms with Crippen LogP contribution in [0.15, 0.2) is 48.5 Å². The maximum Gasteiger partial charge on any atom is 0.244 e. The SMILES string of the molecule is CCC(C(=O)NC(C)(C)C)N(Cc1cccc(C)c1)C(=O)CN(c1ccc(C(C)C)cc1)S(C)(=O)=O. The van der Waals surface area contributed by atoms with E-state index in [4.69, 9.17) is 0 Å². The summed E-state index contributed by atoms with van der Waals surface area (Å²) in [7, 11) is -3.76. The van der Waals surface area contributed by atoms with E-state index in [1.165, 1.54) is 4.90 Å². The molecule has 2 rings (SSSR count). The van der Waals surface area contributed by atoms with Crippen LogP contribution >= 0.6 is 0 Å². The van der Waals surface area contributed by atoms with Gasteiger partial charge in [-0.25, -0.2) is 8.42 Å². The number of carbonyl (C=O) groups excluding carboxylic acids is 2. The molecule has 8 heteroatoms. The Morgan fingerprint density at radius 3 is 2.11 bits per heavy atom. The lowest BCUT2D eigenvalue weighted by atomic mass is 10.0. The number of nitrogens with one attached hydrogen (secondary N) is 1. The van der Waals surface area contributed by atoms with Crippen molar-refractivity contribution in [3.05, 3.63) is 65.2 Å². The number of benzene rings is 2. The van der Waals surface area contributed by atoms with Gasteiger partial charge in [0.15, 0.2) is 0 Å². The van der Waals surface area contributed by atoms with E-state index in [0.29, 0.717) is 18.0 Å². The second kappa shape index (κ2) is 11.9. The number of aryl methyl sites for hydroxylation is 1. The average molecular weight is 516 g/mol. The molecule has 198 valence electrons. The monoisotopic (exact) mass is 515 g/mol. The van der Waals surface area contributed by atoms with Gasteiger partial charge in [-0.1, -0.05) is 62.7 Å². The minimum atomic E-state index is -3.76. The lowest BCUT2D eigenvalue weighted by Gasteiger charge is -2.34. The van der Waals surface area contributed by atoms with E-state index in [9.17, 15) is 18.0 Å². The third-order valence-corrected chi connectivity index (χ3v) is 6.99. The Labute approximate surface area is 216 Å². The van der Waals surface area contributed by atoms with E-state index in [2.05, 4.69) is 19.2 Å². The molecule has 2 aromatic carbocycles. The number of nitrogens with zero attached hydrogens (tertiary/aromatic N) is 2. The number of sulfonamides is 1. The highest BCUT2D eigenvalue weighted by molar-refractivity contribution is 7.92. The number of hydrogen-bond donors (Lipinski definition) is 1. The van der Waals surface area contributed by atoms with Crippen LogP contribution in [0.25, 0.3) is 0 Å². The highest BCUT2D eigenvalue weighted by Gasteiger charge is 2.33. The van der Waals surface area contributed by atoms with Gasteiger partial charge in [-0.3, -0.25) is 13.9 Å². The molecule has 2 amide bonds. The second-order valence-electron chi connectivity index (χ2n) is 10.7. The van der Waals surface area contributed by atoms with Gasteiger partial charge in [0.2, 0.25) is 21.8 Å². The number of anilines is 1. The molecule has 0 saturated heterocycles. The highest BCUT2D eigenvalue weighted by atomic mass is 32.2. The van der Waals surface area contributed by atoms with Crippen molar-refractivity contribution < 1.29 is 18.0 Å². The summed E-state index contributed by atoms with van der Waals surface area (Å²) in [5.74, 6) is -0.409. The summed E-state index contributed by atoms with van der Waals surface area (Å²) in [4.78, 5) is 28.5. The smallest absolute Gasteiger partial charge is 0.244 e. The fourth-order valence-electron chi connectivity index (χ4n) is 4.02. The van der Waals surface area contributed by atoms with E-state index in [0.717, 1.165) is 27.3 Å². The summed E-state index contributed by atoms with van der Waals surface area (Å²) < 4.78 is 26.6. The van der Waals surface area contributed by atoms with Crippen LogP contribution in [-0.2, 0) is 26.2 Å². The first-order valence-corrected chi connectivity index (χ1v) is 14.2. The minimum absolute atomic E-state index is 0.195. The summed E-state index contributed by atoms with van der Waals surface area (Å²) in [5.41, 5.74) is 2.93. The van der Waals surface area contributed by atoms with Crippen molar-refractivity contribution in [3.8, 4) is 0 Å². The molecule has 1 unspecified atom stereocenters. The first-order chi connectivity index (χ1) is 16.6. The van der Waals surface area contributed by atoms with Crippen molar-refractivity contribution in [3.63, 3.8) is 0 Å². The number of rotatable bonds is 10. The van der Waals surface area contributed by atoms with Crippen LogP contribution in [0.3, 0.4) is 0 Å². The summed E-state index contributed by atoms with van der Waals surface area (Å²) in [6, 6.07) is 14.2. The molecular weight excluding hydrogens is 474 g/mol. The van der Waals surface area contributed by atoms with Crippen LogP contribution in [0.4, 0.5) is 5.69 Å². The molecule has 0 heterocycles. The molecule has 0 aromatic heterocycles. The van der Waals surface area contributed by atoms with E-state index >= 15 is 0 Å². The molecule has 0 radical (unpaired) electrons. The van der Waals surface area contributed by atoms with Crippen molar-refractivity contribution in [1.29, 1.82) is 0 Å². The maximum atomic E-state index is 13.7. The van der Waals surface area contributed by atoms with Gasteiger partial charge in [0.25, 0.3) is 0 Å². The second-order valence-corrected chi connectivity index (χ2v) is 12.6. The molecule has 36 heavy (non-hydrogen) atoms. The molecule has 0 bridgehead atoms. The van der Waals surface area contributed by atoms with Crippen molar-refractivity contribution >= 4 is 27.5 Å². The Morgan fingerprint density at radius 2 is 1.64 bits per heavy atom. The topological polar surface area (TPSA) is 86.8 Å². The zero-order chi connectivity index (χ0) is 27.3. The standard InChI is InChI=1S/C28H41N3O4S/c1-9-25(27(33)29-28(5,6)7)30(18-22-12-10-11-21(4)17-22)26(32)19-31(36(8,34)35)24-15-13-23(14-16-24)20(2)3/h10-17,20,25H,9,18-19H2,1-8H3,(H,29,33).